The van der Waals surface area contributed by atoms with E-state index in [-0.39, 0.29) is 10.8 Å². The van der Waals surface area contributed by atoms with Crippen LogP contribution in [0, 0.1) is 0 Å². The zero-order chi connectivity index (χ0) is 52.2. The Bertz CT molecular complexity index is 4230. The third kappa shape index (κ3) is 7.41. The summed E-state index contributed by atoms with van der Waals surface area (Å²) >= 11 is 1.87. The number of rotatable bonds is 7. The standard InChI is InChI=1S/C75H59NS/c1-73(2,3)50-37-42-60-61-43-38-51(74(4,5)6)46-68(61)75(67(60)45-50)65-31-17-14-27-59(65)64-47-53(41-44-66(64)75)76(52-39-35-49(36-40-52)55-30-20-34-71-72(55)63-29-16-19-33-70(63)77-71)69-32-18-15-28-62(69)58-26-13-12-25-57(58)56-24-11-10-23-54(56)48-21-8-7-9-22-48/h7-47H,1-6H3. The fourth-order valence-electron chi connectivity index (χ4n) is 12.9. The van der Waals surface area contributed by atoms with E-state index in [2.05, 4.69) is 295 Å². The Morgan fingerprint density at radius 3 is 1.47 bits per heavy atom. The summed E-state index contributed by atoms with van der Waals surface area (Å²) in [7, 11) is 0. The molecular weight excluding hydrogens is 947 g/mol. The van der Waals surface area contributed by atoms with Gasteiger partial charge in [0.05, 0.1) is 11.1 Å². The maximum Gasteiger partial charge on any atom is 0.0725 e. The molecule has 77 heavy (non-hydrogen) atoms. The molecular formula is C75H59NS. The van der Waals surface area contributed by atoms with Crippen molar-refractivity contribution in [1.82, 2.24) is 0 Å². The lowest BCUT2D eigenvalue weighted by atomic mass is 9.69. The lowest BCUT2D eigenvalue weighted by molar-refractivity contribution is 0.586. The molecule has 0 aliphatic heterocycles. The van der Waals surface area contributed by atoms with Gasteiger partial charge in [-0.2, -0.15) is 0 Å². The van der Waals surface area contributed by atoms with Gasteiger partial charge in [0.25, 0.3) is 0 Å². The molecule has 0 atom stereocenters. The number of fused-ring (bicyclic) bond motifs is 13. The van der Waals surface area contributed by atoms with E-state index in [0.29, 0.717) is 0 Å². The van der Waals surface area contributed by atoms with Crippen LogP contribution in [0.2, 0.25) is 0 Å². The van der Waals surface area contributed by atoms with Crippen LogP contribution in [0.3, 0.4) is 0 Å². The molecule has 370 valence electrons. The van der Waals surface area contributed by atoms with Gasteiger partial charge in [-0.15, -0.1) is 11.3 Å². The van der Waals surface area contributed by atoms with Crippen LogP contribution in [0.25, 0.3) is 86.9 Å². The molecule has 2 heteroatoms. The molecule has 12 aromatic rings. The normalized spacial score (nSPS) is 13.2. The van der Waals surface area contributed by atoms with Crippen molar-refractivity contribution in [2.75, 3.05) is 4.90 Å². The van der Waals surface area contributed by atoms with Gasteiger partial charge in [0, 0.05) is 37.1 Å². The van der Waals surface area contributed by atoms with Crippen LogP contribution in [0.1, 0.15) is 74.9 Å². The van der Waals surface area contributed by atoms with Crippen molar-refractivity contribution in [2.24, 2.45) is 0 Å². The van der Waals surface area contributed by atoms with Gasteiger partial charge < -0.3 is 4.90 Å². The minimum atomic E-state index is -0.500. The number of thiophene rings is 1. The Labute approximate surface area is 457 Å². The molecule has 1 aromatic heterocycles. The fourth-order valence-corrected chi connectivity index (χ4v) is 14.0. The minimum absolute atomic E-state index is 0.0257. The van der Waals surface area contributed by atoms with E-state index < -0.39 is 5.41 Å². The summed E-state index contributed by atoms with van der Waals surface area (Å²) in [5.41, 5.74) is 25.7. The average molecular weight is 1010 g/mol. The Balaban J connectivity index is 1.00. The summed E-state index contributed by atoms with van der Waals surface area (Å²) < 4.78 is 2.62. The van der Waals surface area contributed by atoms with Crippen LogP contribution in [-0.4, -0.2) is 0 Å². The number of hydrogen-bond acceptors (Lipinski definition) is 2. The molecule has 0 radical (unpaired) electrons. The topological polar surface area (TPSA) is 3.24 Å². The van der Waals surface area contributed by atoms with Crippen molar-refractivity contribution in [1.29, 1.82) is 0 Å². The fraction of sp³-hybridized carbons (Fsp3) is 0.120. The molecule has 0 saturated carbocycles. The maximum atomic E-state index is 2.54. The first kappa shape index (κ1) is 46.9. The number of para-hydroxylation sites is 1. The Morgan fingerprint density at radius 2 is 0.792 bits per heavy atom. The molecule has 11 aromatic carbocycles. The van der Waals surface area contributed by atoms with Crippen molar-refractivity contribution in [3.05, 3.63) is 282 Å². The molecule has 14 rings (SSSR count). The number of benzene rings is 11. The Hall–Kier alpha value is -8.56. The van der Waals surface area contributed by atoms with E-state index in [9.17, 15) is 0 Å². The van der Waals surface area contributed by atoms with Crippen molar-refractivity contribution in [2.45, 2.75) is 57.8 Å². The van der Waals surface area contributed by atoms with E-state index in [0.717, 1.165) is 22.6 Å². The van der Waals surface area contributed by atoms with Gasteiger partial charge in [0.1, 0.15) is 0 Å². The highest BCUT2D eigenvalue weighted by Crippen LogP contribution is 2.64. The summed E-state index contributed by atoms with van der Waals surface area (Å²) in [6, 6.07) is 93.9. The maximum absolute atomic E-state index is 2.54. The van der Waals surface area contributed by atoms with Gasteiger partial charge in [-0.1, -0.05) is 248 Å². The van der Waals surface area contributed by atoms with E-state index in [1.807, 2.05) is 11.3 Å². The quantitative estimate of drug-likeness (QED) is 0.154. The van der Waals surface area contributed by atoms with Crippen LogP contribution in [-0.2, 0) is 16.2 Å². The van der Waals surface area contributed by atoms with Crippen LogP contribution in [0.5, 0.6) is 0 Å². The van der Waals surface area contributed by atoms with Crippen LogP contribution >= 0.6 is 11.3 Å². The molecule has 1 spiro atoms. The summed E-state index contributed by atoms with van der Waals surface area (Å²) in [6.45, 7) is 14.0. The summed E-state index contributed by atoms with van der Waals surface area (Å²) in [5, 5.41) is 2.63. The van der Waals surface area contributed by atoms with Crippen molar-refractivity contribution in [3.8, 4) is 66.8 Å². The molecule has 2 aliphatic rings. The summed E-state index contributed by atoms with van der Waals surface area (Å²) in [5.74, 6) is 0. The lowest BCUT2D eigenvalue weighted by Gasteiger charge is -2.33. The average Bonchev–Trinajstić information content (AvgIpc) is 4.14. The highest BCUT2D eigenvalue weighted by molar-refractivity contribution is 7.25. The van der Waals surface area contributed by atoms with Crippen molar-refractivity contribution in [3.63, 3.8) is 0 Å². The lowest BCUT2D eigenvalue weighted by Crippen LogP contribution is -2.27. The highest BCUT2D eigenvalue weighted by atomic mass is 32.1. The zero-order valence-corrected chi connectivity index (χ0v) is 45.3. The highest BCUT2D eigenvalue weighted by Gasteiger charge is 2.52. The second-order valence-electron chi connectivity index (χ2n) is 23.2. The Morgan fingerprint density at radius 1 is 0.312 bits per heavy atom. The molecule has 1 heterocycles. The molecule has 0 saturated heterocycles. The van der Waals surface area contributed by atoms with E-state index >= 15 is 0 Å². The van der Waals surface area contributed by atoms with Gasteiger partial charge in [-0.25, -0.2) is 0 Å². The molecule has 1 nitrogen and oxygen atoms in total. The van der Waals surface area contributed by atoms with E-state index in [1.165, 1.54) is 115 Å². The first-order chi connectivity index (χ1) is 37.5. The van der Waals surface area contributed by atoms with E-state index in [1.54, 1.807) is 0 Å². The first-order valence-corrected chi connectivity index (χ1v) is 28.0. The zero-order valence-electron chi connectivity index (χ0n) is 44.5. The summed E-state index contributed by atoms with van der Waals surface area (Å²) in [4.78, 5) is 2.51. The number of hydrogen-bond donors (Lipinski definition) is 0. The number of anilines is 3. The van der Waals surface area contributed by atoms with Gasteiger partial charge >= 0.3 is 0 Å². The monoisotopic (exact) mass is 1010 g/mol. The first-order valence-electron chi connectivity index (χ1n) is 27.2. The van der Waals surface area contributed by atoms with Gasteiger partial charge in [0.15, 0.2) is 0 Å². The predicted molar refractivity (Wildman–Crippen MR) is 329 cm³/mol. The second kappa shape index (κ2) is 17.8. The minimum Gasteiger partial charge on any atom is -0.310 e. The molecule has 0 N–H and O–H groups in total. The smallest absolute Gasteiger partial charge is 0.0725 e. The van der Waals surface area contributed by atoms with Gasteiger partial charge in [0.2, 0.25) is 0 Å². The molecule has 0 bridgehead atoms. The van der Waals surface area contributed by atoms with Gasteiger partial charge in [-0.3, -0.25) is 0 Å². The second-order valence-corrected chi connectivity index (χ2v) is 24.3. The molecule has 2 aliphatic carbocycles. The van der Waals surface area contributed by atoms with Crippen molar-refractivity contribution >= 4 is 48.6 Å². The summed E-state index contributed by atoms with van der Waals surface area (Å²) in [6.07, 6.45) is 0. The number of nitrogens with zero attached hydrogens (tertiary/aromatic N) is 1. The molecule has 0 fully saturated rings. The van der Waals surface area contributed by atoms with E-state index in [4.69, 9.17) is 0 Å². The molecule has 0 unspecified atom stereocenters. The van der Waals surface area contributed by atoms with Crippen LogP contribution < -0.4 is 4.90 Å². The predicted octanol–water partition coefficient (Wildman–Crippen LogP) is 21.1. The third-order valence-electron chi connectivity index (χ3n) is 16.7. The largest absolute Gasteiger partial charge is 0.310 e. The van der Waals surface area contributed by atoms with Crippen LogP contribution in [0.15, 0.2) is 249 Å². The molecule has 0 amide bonds. The third-order valence-corrected chi connectivity index (χ3v) is 17.8. The van der Waals surface area contributed by atoms with Crippen LogP contribution in [0.4, 0.5) is 17.1 Å². The van der Waals surface area contributed by atoms with Crippen molar-refractivity contribution < 1.29 is 0 Å². The van der Waals surface area contributed by atoms with Gasteiger partial charge in [-0.05, 0) is 148 Å². The SMILES string of the molecule is CC(C)(C)c1ccc2c(c1)C1(c3ccccc3-c3cc(N(c4ccc(-c5cccc6sc7ccccc7c56)cc4)c4ccccc4-c4ccccc4-c4ccccc4-c4ccccc4)ccc31)c1cc(C(C)(C)C)ccc1-2. The Kier molecular flexibility index (Phi) is 10.8.